The fourth-order valence-corrected chi connectivity index (χ4v) is 1.47. The fourth-order valence-electron chi connectivity index (χ4n) is 1.47. The molecule has 1 rings (SSSR count). The summed E-state index contributed by atoms with van der Waals surface area (Å²) in [5.74, 6) is 0. The van der Waals surface area contributed by atoms with E-state index in [0.29, 0.717) is 0 Å². The Morgan fingerprint density at radius 2 is 1.15 bits per heavy atom. The first-order chi connectivity index (χ1) is 6.11. The second-order valence-corrected chi connectivity index (χ2v) is 3.22. The average Bonchev–Trinajstić information content (AvgIpc) is 2.15. The van der Waals surface area contributed by atoms with Crippen molar-refractivity contribution in [2.75, 3.05) is 13.2 Å². The summed E-state index contributed by atoms with van der Waals surface area (Å²) in [5, 5.41) is 48.1. The zero-order valence-electron chi connectivity index (χ0n) is 7.04. The highest BCUT2D eigenvalue weighted by atomic mass is 16.4. The largest absolute Gasteiger partial charge is 0.395 e. The van der Waals surface area contributed by atoms with Gasteiger partial charge in [0, 0.05) is 0 Å². The Labute approximate surface area is 75.4 Å². The van der Waals surface area contributed by atoms with Crippen LogP contribution in [0.3, 0.4) is 0 Å². The smallest absolute Gasteiger partial charge is 0.109 e. The van der Waals surface area contributed by atoms with Crippen molar-refractivity contribution in [3.8, 4) is 0 Å². The molecule has 1 heterocycles. The predicted molar refractivity (Wildman–Crippen MR) is 42.9 cm³/mol. The lowest BCUT2D eigenvalue weighted by Gasteiger charge is -2.40. The summed E-state index contributed by atoms with van der Waals surface area (Å²) >= 11 is 0. The van der Waals surface area contributed by atoms with Crippen molar-refractivity contribution in [3.05, 3.63) is 0 Å². The van der Waals surface area contributed by atoms with Gasteiger partial charge in [-0.25, -0.2) is 0 Å². The van der Waals surface area contributed by atoms with Crippen LogP contribution in [-0.2, 0) is 0 Å². The Hall–Kier alpha value is -0.240. The lowest BCUT2D eigenvalue weighted by molar-refractivity contribution is -0.125. The molecule has 1 aliphatic heterocycles. The third-order valence-electron chi connectivity index (χ3n) is 2.35. The van der Waals surface area contributed by atoms with Gasteiger partial charge in [0.05, 0.1) is 37.5 Å². The van der Waals surface area contributed by atoms with Crippen molar-refractivity contribution >= 4 is 0 Å². The third kappa shape index (κ3) is 1.98. The summed E-state index contributed by atoms with van der Waals surface area (Å²) in [7, 11) is 0. The summed E-state index contributed by atoms with van der Waals surface area (Å²) in [5.41, 5.74) is 0. The number of aliphatic hydroxyl groups is 5. The molecule has 1 aliphatic rings. The van der Waals surface area contributed by atoms with Crippen LogP contribution >= 0.6 is 0 Å². The second kappa shape index (κ2) is 4.32. The van der Waals surface area contributed by atoms with Crippen LogP contribution < -0.4 is 5.32 Å². The Bertz CT molecular complexity index is 147. The second-order valence-electron chi connectivity index (χ2n) is 3.22. The van der Waals surface area contributed by atoms with Crippen LogP contribution in [0.25, 0.3) is 0 Å². The maximum absolute atomic E-state index is 9.31. The minimum Gasteiger partial charge on any atom is -0.395 e. The molecule has 13 heavy (non-hydrogen) atoms. The van der Waals surface area contributed by atoms with Crippen molar-refractivity contribution in [1.82, 2.24) is 5.32 Å². The van der Waals surface area contributed by atoms with E-state index in [0.717, 1.165) is 0 Å². The zero-order valence-corrected chi connectivity index (χ0v) is 7.04. The molecule has 1 saturated heterocycles. The molecule has 0 amide bonds. The molecule has 3 unspecified atom stereocenters. The number of aliphatic hydroxyl groups excluding tert-OH is 5. The lowest BCUT2D eigenvalue weighted by atomic mass is 9.91. The number of rotatable bonds is 2. The van der Waals surface area contributed by atoms with Gasteiger partial charge in [0.15, 0.2) is 0 Å². The van der Waals surface area contributed by atoms with Gasteiger partial charge in [-0.15, -0.1) is 0 Å². The summed E-state index contributed by atoms with van der Waals surface area (Å²) in [6, 6.07) is -1.42. The van der Waals surface area contributed by atoms with Crippen molar-refractivity contribution in [3.63, 3.8) is 0 Å². The van der Waals surface area contributed by atoms with Gasteiger partial charge in [0.1, 0.15) is 6.10 Å². The number of nitrogens with one attached hydrogen (secondary N) is 1. The van der Waals surface area contributed by atoms with Crippen molar-refractivity contribution in [2.45, 2.75) is 30.4 Å². The molecule has 0 aliphatic carbocycles. The molecular formula is C7H15NO5. The Balaban J connectivity index is 2.66. The van der Waals surface area contributed by atoms with E-state index in [-0.39, 0.29) is 13.2 Å². The monoisotopic (exact) mass is 193 g/mol. The van der Waals surface area contributed by atoms with Crippen molar-refractivity contribution in [1.29, 1.82) is 0 Å². The van der Waals surface area contributed by atoms with Gasteiger partial charge >= 0.3 is 0 Å². The van der Waals surface area contributed by atoms with Crippen molar-refractivity contribution < 1.29 is 25.5 Å². The number of piperidine rings is 1. The van der Waals surface area contributed by atoms with Crippen LogP contribution in [0.2, 0.25) is 0 Å². The highest BCUT2D eigenvalue weighted by molar-refractivity contribution is 4.97. The van der Waals surface area contributed by atoms with Gasteiger partial charge in [-0.1, -0.05) is 0 Å². The van der Waals surface area contributed by atoms with E-state index in [1.165, 1.54) is 0 Å². The summed E-state index contributed by atoms with van der Waals surface area (Å²) in [6.45, 7) is -0.719. The minimum absolute atomic E-state index is 0.360. The maximum Gasteiger partial charge on any atom is 0.109 e. The molecule has 0 radical (unpaired) electrons. The molecule has 1 fully saturated rings. The van der Waals surface area contributed by atoms with E-state index >= 15 is 0 Å². The predicted octanol–water partition coefficient (Wildman–Crippen LogP) is -3.61. The SMILES string of the molecule is OCC1NC(CO)[C@H](O)C(O)[C@@H]1O. The molecular weight excluding hydrogens is 178 g/mol. The minimum atomic E-state index is -1.34. The maximum atomic E-state index is 9.31. The quantitative estimate of drug-likeness (QED) is 0.270. The Kier molecular flexibility index (Phi) is 3.60. The molecule has 6 nitrogen and oxygen atoms in total. The molecule has 5 atom stereocenters. The molecule has 78 valence electrons. The van der Waals surface area contributed by atoms with Gasteiger partial charge in [-0.2, -0.15) is 0 Å². The molecule has 6 N–H and O–H groups in total. The van der Waals surface area contributed by atoms with Crippen molar-refractivity contribution in [2.24, 2.45) is 0 Å². The first-order valence-corrected chi connectivity index (χ1v) is 4.13. The summed E-state index contributed by atoms with van der Waals surface area (Å²) < 4.78 is 0. The number of hydrogen-bond acceptors (Lipinski definition) is 6. The zero-order chi connectivity index (χ0) is 10.0. The van der Waals surface area contributed by atoms with E-state index in [1.807, 2.05) is 0 Å². The van der Waals surface area contributed by atoms with Crippen LogP contribution in [0, 0.1) is 0 Å². The summed E-state index contributed by atoms with van der Waals surface area (Å²) in [4.78, 5) is 0. The number of hydrogen-bond donors (Lipinski definition) is 6. The van der Waals surface area contributed by atoms with E-state index < -0.39 is 30.4 Å². The fraction of sp³-hybridized carbons (Fsp3) is 1.00. The van der Waals surface area contributed by atoms with Crippen LogP contribution in [-0.4, -0.2) is 69.1 Å². The Morgan fingerprint density at radius 1 is 0.769 bits per heavy atom. The van der Waals surface area contributed by atoms with E-state index in [9.17, 15) is 15.3 Å². The van der Waals surface area contributed by atoms with Gasteiger partial charge in [-0.05, 0) is 0 Å². The molecule has 0 bridgehead atoms. The average molecular weight is 193 g/mol. The van der Waals surface area contributed by atoms with Crippen LogP contribution in [0.4, 0.5) is 0 Å². The Morgan fingerprint density at radius 3 is 1.46 bits per heavy atom. The first-order valence-electron chi connectivity index (χ1n) is 4.13. The van der Waals surface area contributed by atoms with Gasteiger partial charge in [0.2, 0.25) is 0 Å². The third-order valence-corrected chi connectivity index (χ3v) is 2.35. The summed E-state index contributed by atoms with van der Waals surface area (Å²) in [6.07, 6.45) is -3.78. The van der Waals surface area contributed by atoms with Gasteiger partial charge in [0.25, 0.3) is 0 Å². The highest BCUT2D eigenvalue weighted by Crippen LogP contribution is 2.14. The molecule has 0 aromatic rings. The van der Waals surface area contributed by atoms with Crippen LogP contribution in [0.1, 0.15) is 0 Å². The lowest BCUT2D eigenvalue weighted by Crippen LogP contribution is -2.66. The molecule has 0 saturated carbocycles. The molecule has 0 aromatic heterocycles. The first kappa shape index (κ1) is 10.8. The molecule has 6 heteroatoms. The highest BCUT2D eigenvalue weighted by Gasteiger charge is 2.41. The van der Waals surface area contributed by atoms with E-state index in [4.69, 9.17) is 10.2 Å². The normalized spacial score (nSPS) is 46.4. The van der Waals surface area contributed by atoms with Crippen LogP contribution in [0.5, 0.6) is 0 Å². The topological polar surface area (TPSA) is 113 Å². The molecule has 0 spiro atoms. The van der Waals surface area contributed by atoms with Gasteiger partial charge in [-0.3, -0.25) is 0 Å². The van der Waals surface area contributed by atoms with Gasteiger partial charge < -0.3 is 30.8 Å². The molecule has 0 aromatic carbocycles. The van der Waals surface area contributed by atoms with Crippen LogP contribution in [0.15, 0.2) is 0 Å². The van der Waals surface area contributed by atoms with E-state index in [2.05, 4.69) is 5.32 Å². The standard InChI is InChI=1S/C7H15NO5/c9-1-3-5(11)7(13)6(12)4(2-10)8-3/h3-13H,1-2H2/t3?,4?,5-,6+,7?. The van der Waals surface area contributed by atoms with E-state index in [1.54, 1.807) is 0 Å².